The van der Waals surface area contributed by atoms with E-state index in [1.54, 1.807) is 0 Å². The smallest absolute Gasteiger partial charge is 0.0972 e. The molecule has 3 aromatic heterocycles. The van der Waals surface area contributed by atoms with Gasteiger partial charge in [0.05, 0.1) is 33.4 Å². The van der Waals surface area contributed by atoms with Crippen molar-refractivity contribution in [3.8, 4) is 44.8 Å². The Morgan fingerprint density at radius 3 is 1.73 bits per heavy atom. The first-order valence-electron chi connectivity index (χ1n) is 20.2. The van der Waals surface area contributed by atoms with Crippen LogP contribution in [-0.4, -0.2) is 15.0 Å². The Bertz CT molecular complexity index is 3370. The molecule has 0 bridgehead atoms. The van der Waals surface area contributed by atoms with Crippen molar-refractivity contribution in [1.82, 2.24) is 15.0 Å². The Balaban J connectivity index is 1.01. The lowest BCUT2D eigenvalue weighted by molar-refractivity contribution is 0.769. The first-order valence-corrected chi connectivity index (χ1v) is 20.2. The topological polar surface area (TPSA) is 38.7 Å². The summed E-state index contributed by atoms with van der Waals surface area (Å²) in [5.74, 6) is 0. The average molecular weight is 750 g/mol. The van der Waals surface area contributed by atoms with Crippen molar-refractivity contribution in [1.29, 1.82) is 0 Å². The molecule has 0 fully saturated rings. The minimum Gasteiger partial charge on any atom is -0.254 e. The van der Waals surface area contributed by atoms with Gasteiger partial charge < -0.3 is 0 Å². The number of aromatic nitrogens is 3. The van der Waals surface area contributed by atoms with Crippen LogP contribution >= 0.6 is 0 Å². The molecule has 274 valence electrons. The molecule has 0 saturated carbocycles. The van der Waals surface area contributed by atoms with Gasteiger partial charge in [0.15, 0.2) is 0 Å². The maximum atomic E-state index is 5.49. The summed E-state index contributed by atoms with van der Waals surface area (Å²) in [6.07, 6.45) is 1.84. The molecule has 59 heavy (non-hydrogen) atoms. The molecule has 0 unspecified atom stereocenters. The lowest BCUT2D eigenvalue weighted by Crippen LogP contribution is -2.28. The van der Waals surface area contributed by atoms with E-state index < -0.39 is 5.41 Å². The lowest BCUT2D eigenvalue weighted by atomic mass is 9.67. The Labute approximate surface area is 342 Å². The first kappa shape index (κ1) is 33.4. The van der Waals surface area contributed by atoms with Gasteiger partial charge in [0.2, 0.25) is 0 Å². The van der Waals surface area contributed by atoms with E-state index >= 15 is 0 Å². The van der Waals surface area contributed by atoms with Crippen LogP contribution in [0.25, 0.3) is 88.2 Å². The van der Waals surface area contributed by atoms with E-state index in [4.69, 9.17) is 9.97 Å². The molecule has 0 saturated heterocycles. The number of hydrogen-bond donors (Lipinski definition) is 0. The minimum absolute atomic E-state index is 0.491. The zero-order valence-electron chi connectivity index (χ0n) is 32.0. The molecule has 0 amide bonds. The third kappa shape index (κ3) is 5.05. The van der Waals surface area contributed by atoms with E-state index in [1.807, 2.05) is 12.3 Å². The largest absolute Gasteiger partial charge is 0.254 e. The summed E-state index contributed by atoms with van der Waals surface area (Å²) < 4.78 is 0. The van der Waals surface area contributed by atoms with Gasteiger partial charge >= 0.3 is 0 Å². The highest BCUT2D eigenvalue weighted by Gasteiger charge is 2.47. The molecule has 11 aromatic rings. The molecule has 3 nitrogen and oxygen atoms in total. The number of fused-ring (bicyclic) bond motifs is 10. The lowest BCUT2D eigenvalue weighted by Gasteiger charge is -2.34. The molecule has 0 aliphatic heterocycles. The number of nitrogens with zero attached hydrogens (tertiary/aromatic N) is 3. The van der Waals surface area contributed by atoms with Crippen molar-refractivity contribution in [2.45, 2.75) is 5.41 Å². The van der Waals surface area contributed by atoms with Crippen LogP contribution in [0.4, 0.5) is 0 Å². The fraction of sp³-hybridized carbons (Fsp3) is 0.0179. The predicted molar refractivity (Wildman–Crippen MR) is 243 cm³/mol. The predicted octanol–water partition coefficient (Wildman–Crippen LogP) is 13.8. The molecular weight excluding hydrogens is 715 g/mol. The van der Waals surface area contributed by atoms with Crippen LogP contribution in [0.1, 0.15) is 22.3 Å². The standard InChI is InChI=1S/C56H35N3/c1-3-13-42(14-4-1)56(43-15-5-2-6-16-43)47-19-9-7-18-46(47)51-48(56)33-32-45-44-17-8-10-20-50(44)59-53(52(45)51)40-27-23-37(24-28-40)36-21-25-38(26-22-36)49-34-31-41-30-29-39-12-11-35-57-54(39)55(41)58-49/h1-35H. The Morgan fingerprint density at radius 1 is 0.373 bits per heavy atom. The second-order valence-electron chi connectivity index (χ2n) is 15.5. The van der Waals surface area contributed by atoms with Crippen molar-refractivity contribution in [3.05, 3.63) is 235 Å². The van der Waals surface area contributed by atoms with Gasteiger partial charge in [-0.2, -0.15) is 0 Å². The van der Waals surface area contributed by atoms with Gasteiger partial charge in [-0.05, 0) is 68.1 Å². The Morgan fingerprint density at radius 2 is 0.983 bits per heavy atom. The number of benzene rings is 8. The molecule has 12 rings (SSSR count). The SMILES string of the molecule is c1ccc(C2(c3ccccc3)c3ccccc3-c3c2ccc2c3c(-c3ccc(-c4ccc(-c5ccc6ccc7cccnc7c6n5)cc4)cc3)nc3ccccc32)cc1. The highest BCUT2D eigenvalue weighted by atomic mass is 14.8. The number of pyridine rings is 3. The van der Waals surface area contributed by atoms with Gasteiger partial charge in [0, 0.05) is 38.9 Å². The monoisotopic (exact) mass is 749 g/mol. The molecule has 0 atom stereocenters. The maximum Gasteiger partial charge on any atom is 0.0972 e. The summed E-state index contributed by atoms with van der Waals surface area (Å²) in [6, 6.07) is 74.5. The van der Waals surface area contributed by atoms with Gasteiger partial charge in [-0.25, -0.2) is 9.97 Å². The molecule has 0 N–H and O–H groups in total. The fourth-order valence-corrected chi connectivity index (χ4v) is 9.73. The highest BCUT2D eigenvalue weighted by Crippen LogP contribution is 2.59. The van der Waals surface area contributed by atoms with Crippen molar-refractivity contribution in [3.63, 3.8) is 0 Å². The van der Waals surface area contributed by atoms with Crippen LogP contribution in [0.15, 0.2) is 212 Å². The number of para-hydroxylation sites is 1. The summed E-state index contributed by atoms with van der Waals surface area (Å²) in [7, 11) is 0. The third-order valence-electron chi connectivity index (χ3n) is 12.4. The second kappa shape index (κ2) is 13.2. The summed E-state index contributed by atoms with van der Waals surface area (Å²) in [5.41, 5.74) is 16.3. The molecule has 1 aliphatic rings. The van der Waals surface area contributed by atoms with Gasteiger partial charge in [0.25, 0.3) is 0 Å². The molecule has 0 radical (unpaired) electrons. The zero-order chi connectivity index (χ0) is 38.9. The van der Waals surface area contributed by atoms with Gasteiger partial charge in [0.1, 0.15) is 0 Å². The molecule has 3 heteroatoms. The maximum absolute atomic E-state index is 5.49. The zero-order valence-corrected chi connectivity index (χ0v) is 32.0. The second-order valence-corrected chi connectivity index (χ2v) is 15.5. The van der Waals surface area contributed by atoms with Gasteiger partial charge in [-0.1, -0.05) is 188 Å². The fourth-order valence-electron chi connectivity index (χ4n) is 9.73. The number of rotatable bonds is 5. The van der Waals surface area contributed by atoms with Crippen LogP contribution in [0, 0.1) is 0 Å². The Kier molecular flexibility index (Phi) is 7.45. The van der Waals surface area contributed by atoms with E-state index in [0.29, 0.717) is 0 Å². The quantitative estimate of drug-likeness (QED) is 0.165. The van der Waals surface area contributed by atoms with Crippen molar-refractivity contribution < 1.29 is 0 Å². The molecular formula is C56H35N3. The summed E-state index contributed by atoms with van der Waals surface area (Å²) >= 11 is 0. The third-order valence-corrected chi connectivity index (χ3v) is 12.4. The average Bonchev–Trinajstić information content (AvgIpc) is 3.63. The van der Waals surface area contributed by atoms with Crippen molar-refractivity contribution in [2.75, 3.05) is 0 Å². The molecule has 0 spiro atoms. The van der Waals surface area contributed by atoms with E-state index in [9.17, 15) is 0 Å². The van der Waals surface area contributed by atoms with E-state index in [2.05, 4.69) is 205 Å². The molecule has 3 heterocycles. The summed E-state index contributed by atoms with van der Waals surface area (Å²) in [5, 5.41) is 5.74. The Hall–Kier alpha value is -7.75. The summed E-state index contributed by atoms with van der Waals surface area (Å²) in [6.45, 7) is 0. The van der Waals surface area contributed by atoms with Crippen LogP contribution in [0.2, 0.25) is 0 Å². The normalized spacial score (nSPS) is 12.9. The van der Waals surface area contributed by atoms with Crippen molar-refractivity contribution >= 4 is 43.5 Å². The van der Waals surface area contributed by atoms with Crippen molar-refractivity contribution in [2.24, 2.45) is 0 Å². The van der Waals surface area contributed by atoms with E-state index in [-0.39, 0.29) is 0 Å². The van der Waals surface area contributed by atoms with Crippen LogP contribution in [0.5, 0.6) is 0 Å². The minimum atomic E-state index is -0.491. The van der Waals surface area contributed by atoms with E-state index in [1.165, 1.54) is 44.2 Å². The number of hydrogen-bond acceptors (Lipinski definition) is 3. The first-order chi connectivity index (χ1) is 29.3. The van der Waals surface area contributed by atoms with Gasteiger partial charge in [-0.3, -0.25) is 4.98 Å². The molecule has 8 aromatic carbocycles. The molecule has 1 aliphatic carbocycles. The van der Waals surface area contributed by atoms with Crippen LogP contribution in [-0.2, 0) is 5.41 Å². The van der Waals surface area contributed by atoms with Crippen LogP contribution < -0.4 is 0 Å². The summed E-state index contributed by atoms with van der Waals surface area (Å²) in [4.78, 5) is 15.2. The van der Waals surface area contributed by atoms with Gasteiger partial charge in [-0.15, -0.1) is 0 Å². The highest BCUT2D eigenvalue weighted by molar-refractivity contribution is 6.18. The van der Waals surface area contributed by atoms with E-state index in [0.717, 1.165) is 66.4 Å². The van der Waals surface area contributed by atoms with Crippen LogP contribution in [0.3, 0.4) is 0 Å².